The highest BCUT2D eigenvalue weighted by Gasteiger charge is 2.13. The van der Waals surface area contributed by atoms with Crippen molar-refractivity contribution in [1.82, 2.24) is 9.88 Å². The molecule has 0 aliphatic rings. The van der Waals surface area contributed by atoms with Gasteiger partial charge in [0.1, 0.15) is 0 Å². The lowest BCUT2D eigenvalue weighted by Gasteiger charge is -2.17. The smallest absolute Gasteiger partial charge is 0.253 e. The summed E-state index contributed by atoms with van der Waals surface area (Å²) in [5.41, 5.74) is 8.20. The van der Waals surface area contributed by atoms with Crippen LogP contribution in [0.15, 0.2) is 48.5 Å². The first-order valence-corrected chi connectivity index (χ1v) is 7.40. The van der Waals surface area contributed by atoms with Crippen LogP contribution in [0.1, 0.15) is 15.9 Å². The predicted molar refractivity (Wildman–Crippen MR) is 86.3 cm³/mol. The van der Waals surface area contributed by atoms with Crippen molar-refractivity contribution in [3.8, 4) is 0 Å². The molecule has 5 heteroatoms. The molecule has 0 aliphatic carbocycles. The standard InChI is InChI=1S/C16H15N3OS/c1-19(10-11-5-3-2-4-6-11)15(20)12-7-8-14-13(9-12)18-16(17)21-14/h2-9H,10H2,1H3,(H2,17,18). The number of nitrogens with two attached hydrogens (primary N) is 1. The van der Waals surface area contributed by atoms with E-state index in [2.05, 4.69) is 4.98 Å². The maximum absolute atomic E-state index is 12.5. The highest BCUT2D eigenvalue weighted by molar-refractivity contribution is 7.22. The van der Waals surface area contributed by atoms with Gasteiger partial charge in [0.05, 0.1) is 10.2 Å². The van der Waals surface area contributed by atoms with Gasteiger partial charge < -0.3 is 10.6 Å². The van der Waals surface area contributed by atoms with E-state index in [0.717, 1.165) is 15.8 Å². The van der Waals surface area contributed by atoms with Gasteiger partial charge in [-0.15, -0.1) is 0 Å². The average Bonchev–Trinajstić information content (AvgIpc) is 2.86. The molecule has 0 fully saturated rings. The summed E-state index contributed by atoms with van der Waals surface area (Å²) in [6.07, 6.45) is 0. The quantitative estimate of drug-likeness (QED) is 0.808. The highest BCUT2D eigenvalue weighted by atomic mass is 32.1. The second kappa shape index (κ2) is 5.54. The second-order valence-corrected chi connectivity index (χ2v) is 5.94. The van der Waals surface area contributed by atoms with Gasteiger partial charge in [-0.25, -0.2) is 4.98 Å². The number of thiazole rings is 1. The molecule has 1 heterocycles. The molecule has 0 saturated carbocycles. The summed E-state index contributed by atoms with van der Waals surface area (Å²) in [5.74, 6) is -0.0210. The summed E-state index contributed by atoms with van der Waals surface area (Å²) in [6, 6.07) is 15.4. The molecule has 106 valence electrons. The Labute approximate surface area is 126 Å². The number of carbonyl (C=O) groups is 1. The van der Waals surface area contributed by atoms with Crippen molar-refractivity contribution in [2.24, 2.45) is 0 Å². The number of amides is 1. The molecule has 2 aromatic carbocycles. The normalized spacial score (nSPS) is 10.7. The summed E-state index contributed by atoms with van der Waals surface area (Å²) in [7, 11) is 1.80. The molecular weight excluding hydrogens is 282 g/mol. The van der Waals surface area contributed by atoms with Crippen LogP contribution >= 0.6 is 11.3 Å². The molecule has 1 amide bonds. The minimum absolute atomic E-state index is 0.0210. The van der Waals surface area contributed by atoms with Gasteiger partial charge in [-0.3, -0.25) is 4.79 Å². The van der Waals surface area contributed by atoms with Crippen LogP contribution in [0.2, 0.25) is 0 Å². The largest absolute Gasteiger partial charge is 0.375 e. The van der Waals surface area contributed by atoms with Crippen molar-refractivity contribution in [3.05, 3.63) is 59.7 Å². The van der Waals surface area contributed by atoms with E-state index in [1.54, 1.807) is 18.0 Å². The molecule has 2 N–H and O–H groups in total. The fraction of sp³-hybridized carbons (Fsp3) is 0.125. The first-order valence-electron chi connectivity index (χ1n) is 6.59. The minimum Gasteiger partial charge on any atom is -0.375 e. The maximum Gasteiger partial charge on any atom is 0.253 e. The van der Waals surface area contributed by atoms with Crippen molar-refractivity contribution in [2.75, 3.05) is 12.8 Å². The number of aromatic nitrogens is 1. The average molecular weight is 297 g/mol. The molecule has 0 spiro atoms. The number of hydrogen-bond donors (Lipinski definition) is 1. The predicted octanol–water partition coefficient (Wildman–Crippen LogP) is 3.15. The van der Waals surface area contributed by atoms with Gasteiger partial charge in [0.15, 0.2) is 5.13 Å². The summed E-state index contributed by atoms with van der Waals surface area (Å²) in [6.45, 7) is 0.580. The van der Waals surface area contributed by atoms with Gasteiger partial charge in [0.2, 0.25) is 0 Å². The lowest BCUT2D eigenvalue weighted by atomic mass is 10.1. The fourth-order valence-corrected chi connectivity index (χ4v) is 2.94. The SMILES string of the molecule is CN(Cc1ccccc1)C(=O)c1ccc2sc(N)nc2c1. The molecule has 0 atom stereocenters. The van der Waals surface area contributed by atoms with Crippen molar-refractivity contribution in [3.63, 3.8) is 0 Å². The number of anilines is 1. The molecule has 0 bridgehead atoms. The Hall–Kier alpha value is -2.40. The topological polar surface area (TPSA) is 59.2 Å². The van der Waals surface area contributed by atoms with Crippen LogP contribution in [0.25, 0.3) is 10.2 Å². The zero-order chi connectivity index (χ0) is 14.8. The van der Waals surface area contributed by atoms with E-state index in [4.69, 9.17) is 5.73 Å². The van der Waals surface area contributed by atoms with E-state index in [-0.39, 0.29) is 5.91 Å². The summed E-state index contributed by atoms with van der Waals surface area (Å²) >= 11 is 1.43. The van der Waals surface area contributed by atoms with Gasteiger partial charge in [-0.2, -0.15) is 0 Å². The third-order valence-corrected chi connectivity index (χ3v) is 4.13. The molecule has 1 aromatic heterocycles. The van der Waals surface area contributed by atoms with Crippen molar-refractivity contribution in [1.29, 1.82) is 0 Å². The molecule has 0 aliphatic heterocycles. The van der Waals surface area contributed by atoms with E-state index in [1.165, 1.54) is 11.3 Å². The zero-order valence-electron chi connectivity index (χ0n) is 11.6. The van der Waals surface area contributed by atoms with Crippen LogP contribution in [0.4, 0.5) is 5.13 Å². The molecule has 0 unspecified atom stereocenters. The zero-order valence-corrected chi connectivity index (χ0v) is 12.4. The Kier molecular flexibility index (Phi) is 3.58. The monoisotopic (exact) mass is 297 g/mol. The van der Waals surface area contributed by atoms with Crippen LogP contribution in [-0.4, -0.2) is 22.8 Å². The Balaban J connectivity index is 1.82. The number of nitrogens with zero attached hydrogens (tertiary/aromatic N) is 2. The Morgan fingerprint density at radius 1 is 1.24 bits per heavy atom. The second-order valence-electron chi connectivity index (χ2n) is 4.88. The Bertz CT molecular complexity index is 783. The van der Waals surface area contributed by atoms with Crippen LogP contribution in [-0.2, 0) is 6.54 Å². The molecule has 3 aromatic rings. The van der Waals surface area contributed by atoms with Gasteiger partial charge in [-0.1, -0.05) is 41.7 Å². The molecule has 3 rings (SSSR count). The molecule has 0 radical (unpaired) electrons. The minimum atomic E-state index is -0.0210. The third kappa shape index (κ3) is 2.87. The fourth-order valence-electron chi connectivity index (χ4n) is 2.23. The summed E-state index contributed by atoms with van der Waals surface area (Å²) in [4.78, 5) is 18.4. The lowest BCUT2D eigenvalue weighted by Crippen LogP contribution is -2.26. The van der Waals surface area contributed by atoms with Gasteiger partial charge in [-0.05, 0) is 23.8 Å². The molecule has 4 nitrogen and oxygen atoms in total. The Morgan fingerprint density at radius 3 is 2.76 bits per heavy atom. The number of nitrogen functional groups attached to an aromatic ring is 1. The van der Waals surface area contributed by atoms with E-state index in [9.17, 15) is 4.79 Å². The Morgan fingerprint density at radius 2 is 2.00 bits per heavy atom. The van der Waals surface area contributed by atoms with Crippen LogP contribution in [0, 0.1) is 0 Å². The van der Waals surface area contributed by atoms with Crippen molar-refractivity contribution < 1.29 is 4.79 Å². The number of benzene rings is 2. The third-order valence-electron chi connectivity index (χ3n) is 3.26. The summed E-state index contributed by atoms with van der Waals surface area (Å²) < 4.78 is 0.995. The first kappa shape index (κ1) is 13.6. The van der Waals surface area contributed by atoms with Gasteiger partial charge in [0, 0.05) is 19.2 Å². The number of carbonyl (C=O) groups excluding carboxylic acids is 1. The van der Waals surface area contributed by atoms with Gasteiger partial charge in [0.25, 0.3) is 5.91 Å². The van der Waals surface area contributed by atoms with E-state index in [1.807, 2.05) is 42.5 Å². The van der Waals surface area contributed by atoms with Crippen LogP contribution in [0.3, 0.4) is 0 Å². The van der Waals surface area contributed by atoms with E-state index in [0.29, 0.717) is 17.2 Å². The van der Waals surface area contributed by atoms with E-state index >= 15 is 0 Å². The molecule has 21 heavy (non-hydrogen) atoms. The lowest BCUT2D eigenvalue weighted by molar-refractivity contribution is 0.0785. The number of hydrogen-bond acceptors (Lipinski definition) is 4. The summed E-state index contributed by atoms with van der Waals surface area (Å²) in [5, 5.41) is 0.521. The van der Waals surface area contributed by atoms with Gasteiger partial charge >= 0.3 is 0 Å². The van der Waals surface area contributed by atoms with Crippen molar-refractivity contribution >= 4 is 32.6 Å². The first-order chi connectivity index (χ1) is 10.1. The molecular formula is C16H15N3OS. The van der Waals surface area contributed by atoms with Crippen LogP contribution in [0.5, 0.6) is 0 Å². The highest BCUT2D eigenvalue weighted by Crippen LogP contribution is 2.24. The van der Waals surface area contributed by atoms with E-state index < -0.39 is 0 Å². The molecule has 0 saturated heterocycles. The maximum atomic E-state index is 12.5. The van der Waals surface area contributed by atoms with Crippen molar-refractivity contribution in [2.45, 2.75) is 6.54 Å². The number of rotatable bonds is 3. The number of fused-ring (bicyclic) bond motifs is 1. The van der Waals surface area contributed by atoms with Crippen LogP contribution < -0.4 is 5.73 Å².